The summed E-state index contributed by atoms with van der Waals surface area (Å²) in [7, 11) is -1.37. The summed E-state index contributed by atoms with van der Waals surface area (Å²) >= 11 is 0. The van der Waals surface area contributed by atoms with Gasteiger partial charge in [0.1, 0.15) is 0 Å². The lowest BCUT2D eigenvalue weighted by Crippen LogP contribution is -2.36. The molecule has 1 aromatic carbocycles. The lowest BCUT2D eigenvalue weighted by Gasteiger charge is -2.25. The second-order valence-electron chi connectivity index (χ2n) is 6.04. The van der Waals surface area contributed by atoms with E-state index in [0.29, 0.717) is 5.46 Å². The highest BCUT2D eigenvalue weighted by Crippen LogP contribution is 2.22. The molecule has 4 nitrogen and oxygen atoms in total. The van der Waals surface area contributed by atoms with Gasteiger partial charge in [-0.05, 0) is 49.9 Å². The van der Waals surface area contributed by atoms with Crippen LogP contribution in [0.15, 0.2) is 24.3 Å². The Bertz CT molecular complexity index is 438. The van der Waals surface area contributed by atoms with Crippen molar-refractivity contribution in [3.8, 4) is 0 Å². The van der Waals surface area contributed by atoms with Gasteiger partial charge < -0.3 is 10.0 Å². The number of benzene rings is 1. The summed E-state index contributed by atoms with van der Waals surface area (Å²) in [6.45, 7) is 5.83. The molecule has 1 atom stereocenters. The number of hydrogen-bond donors (Lipinski definition) is 2. The van der Waals surface area contributed by atoms with Crippen LogP contribution in [0.3, 0.4) is 0 Å². The third-order valence-electron chi connectivity index (χ3n) is 4.57. The van der Waals surface area contributed by atoms with E-state index in [1.54, 1.807) is 12.1 Å². The predicted molar refractivity (Wildman–Crippen MR) is 80.8 cm³/mol. The second-order valence-corrected chi connectivity index (χ2v) is 6.04. The van der Waals surface area contributed by atoms with Crippen molar-refractivity contribution in [2.45, 2.75) is 31.8 Å². The molecule has 2 fully saturated rings. The zero-order valence-electron chi connectivity index (χ0n) is 11.9. The van der Waals surface area contributed by atoms with Gasteiger partial charge in [0.2, 0.25) is 0 Å². The molecule has 0 bridgehead atoms. The normalized spacial score (nSPS) is 24.4. The van der Waals surface area contributed by atoms with Gasteiger partial charge in [0.25, 0.3) is 0 Å². The highest BCUT2D eigenvalue weighted by atomic mass is 16.4. The van der Waals surface area contributed by atoms with Gasteiger partial charge in [0, 0.05) is 19.1 Å². The van der Waals surface area contributed by atoms with Crippen molar-refractivity contribution in [3.63, 3.8) is 0 Å². The van der Waals surface area contributed by atoms with Gasteiger partial charge in [0.05, 0.1) is 0 Å². The molecule has 0 aliphatic carbocycles. The first kappa shape index (κ1) is 14.1. The Morgan fingerprint density at radius 1 is 1.05 bits per heavy atom. The Kier molecular flexibility index (Phi) is 4.41. The SMILES string of the molecule is OB(O)c1ccc(CN2CCCN3CCCC3C2)cc1. The standard InChI is InChI=1S/C15H23BN2O2/c19-16(20)14-6-4-13(5-7-14)11-17-8-2-10-18-9-1-3-15(18)12-17/h4-7,15,19-20H,1-3,8-12H2. The summed E-state index contributed by atoms with van der Waals surface area (Å²) in [5, 5.41) is 18.2. The molecule has 2 N–H and O–H groups in total. The largest absolute Gasteiger partial charge is 0.488 e. The van der Waals surface area contributed by atoms with Gasteiger partial charge in [-0.15, -0.1) is 0 Å². The maximum atomic E-state index is 9.12. The molecule has 2 aliphatic heterocycles. The van der Waals surface area contributed by atoms with Gasteiger partial charge in [-0.25, -0.2) is 0 Å². The zero-order chi connectivity index (χ0) is 13.9. The van der Waals surface area contributed by atoms with E-state index in [9.17, 15) is 0 Å². The van der Waals surface area contributed by atoms with Gasteiger partial charge in [0.15, 0.2) is 0 Å². The van der Waals surface area contributed by atoms with Crippen LogP contribution in [-0.4, -0.2) is 59.2 Å². The van der Waals surface area contributed by atoms with Crippen LogP contribution in [0.4, 0.5) is 0 Å². The van der Waals surface area contributed by atoms with E-state index in [1.807, 2.05) is 12.1 Å². The number of hydrogen-bond acceptors (Lipinski definition) is 4. The summed E-state index contributed by atoms with van der Waals surface area (Å²) in [6.07, 6.45) is 3.94. The van der Waals surface area contributed by atoms with Crippen molar-refractivity contribution in [3.05, 3.63) is 29.8 Å². The van der Waals surface area contributed by atoms with E-state index in [1.165, 1.54) is 44.5 Å². The maximum Gasteiger partial charge on any atom is 0.488 e. The molecular formula is C15H23BN2O2. The fourth-order valence-electron chi connectivity index (χ4n) is 3.48. The molecule has 3 rings (SSSR count). The molecule has 1 aromatic rings. The van der Waals surface area contributed by atoms with Crippen molar-refractivity contribution >= 4 is 12.6 Å². The summed E-state index contributed by atoms with van der Waals surface area (Å²) < 4.78 is 0. The molecular weight excluding hydrogens is 251 g/mol. The van der Waals surface area contributed by atoms with E-state index in [0.717, 1.165) is 19.1 Å². The Morgan fingerprint density at radius 3 is 2.55 bits per heavy atom. The Labute approximate surface area is 121 Å². The predicted octanol–water partition coefficient (Wildman–Crippen LogP) is 0.0365. The fourth-order valence-corrected chi connectivity index (χ4v) is 3.48. The summed E-state index contributed by atoms with van der Waals surface area (Å²) in [5.74, 6) is 0. The molecule has 0 amide bonds. The van der Waals surface area contributed by atoms with Crippen molar-refractivity contribution in [2.24, 2.45) is 0 Å². The van der Waals surface area contributed by atoms with Crippen LogP contribution in [0.1, 0.15) is 24.8 Å². The van der Waals surface area contributed by atoms with E-state index < -0.39 is 7.12 Å². The molecule has 2 saturated heterocycles. The first-order valence-corrected chi connectivity index (χ1v) is 7.64. The molecule has 2 aliphatic rings. The summed E-state index contributed by atoms with van der Waals surface area (Å²) in [5.41, 5.74) is 1.81. The molecule has 5 heteroatoms. The molecule has 1 unspecified atom stereocenters. The van der Waals surface area contributed by atoms with E-state index in [2.05, 4.69) is 9.80 Å². The van der Waals surface area contributed by atoms with E-state index in [-0.39, 0.29) is 0 Å². The molecule has 2 heterocycles. The monoisotopic (exact) mass is 274 g/mol. The third kappa shape index (κ3) is 3.23. The molecule has 0 aromatic heterocycles. The first-order valence-electron chi connectivity index (χ1n) is 7.64. The quantitative estimate of drug-likeness (QED) is 0.764. The van der Waals surface area contributed by atoms with E-state index >= 15 is 0 Å². The molecule has 0 saturated carbocycles. The second kappa shape index (κ2) is 6.27. The lowest BCUT2D eigenvalue weighted by molar-refractivity contribution is 0.215. The minimum atomic E-state index is -1.37. The minimum absolute atomic E-state index is 0.562. The molecule has 0 radical (unpaired) electrons. The van der Waals surface area contributed by atoms with Crippen LogP contribution < -0.4 is 5.46 Å². The van der Waals surface area contributed by atoms with Gasteiger partial charge >= 0.3 is 7.12 Å². The van der Waals surface area contributed by atoms with Crippen molar-refractivity contribution in [1.29, 1.82) is 0 Å². The number of nitrogens with zero attached hydrogens (tertiary/aromatic N) is 2. The van der Waals surface area contributed by atoms with Crippen LogP contribution in [0.5, 0.6) is 0 Å². The maximum absolute atomic E-state index is 9.12. The van der Waals surface area contributed by atoms with Crippen molar-refractivity contribution in [1.82, 2.24) is 9.80 Å². The van der Waals surface area contributed by atoms with Crippen molar-refractivity contribution < 1.29 is 10.0 Å². The first-order chi connectivity index (χ1) is 9.72. The molecule has 0 spiro atoms. The van der Waals surface area contributed by atoms with Crippen LogP contribution in [0.25, 0.3) is 0 Å². The van der Waals surface area contributed by atoms with Gasteiger partial charge in [-0.2, -0.15) is 0 Å². The van der Waals surface area contributed by atoms with Crippen LogP contribution in [0, 0.1) is 0 Å². The highest BCUT2D eigenvalue weighted by Gasteiger charge is 2.28. The zero-order valence-corrected chi connectivity index (χ0v) is 11.9. The average Bonchev–Trinajstić information content (AvgIpc) is 2.78. The minimum Gasteiger partial charge on any atom is -0.423 e. The molecule has 108 valence electrons. The molecule has 20 heavy (non-hydrogen) atoms. The van der Waals surface area contributed by atoms with Crippen LogP contribution in [-0.2, 0) is 6.54 Å². The Hall–Kier alpha value is -0.875. The van der Waals surface area contributed by atoms with Crippen LogP contribution >= 0.6 is 0 Å². The Balaban J connectivity index is 1.61. The summed E-state index contributed by atoms with van der Waals surface area (Å²) in [4.78, 5) is 5.19. The van der Waals surface area contributed by atoms with Gasteiger partial charge in [-0.1, -0.05) is 24.3 Å². The topological polar surface area (TPSA) is 46.9 Å². The number of rotatable bonds is 3. The smallest absolute Gasteiger partial charge is 0.423 e. The van der Waals surface area contributed by atoms with Crippen molar-refractivity contribution in [2.75, 3.05) is 26.2 Å². The lowest BCUT2D eigenvalue weighted by atomic mass is 9.80. The average molecular weight is 274 g/mol. The number of fused-ring (bicyclic) bond motifs is 1. The highest BCUT2D eigenvalue weighted by molar-refractivity contribution is 6.58. The Morgan fingerprint density at radius 2 is 1.80 bits per heavy atom. The van der Waals surface area contributed by atoms with Gasteiger partial charge in [-0.3, -0.25) is 9.80 Å². The fraction of sp³-hybridized carbons (Fsp3) is 0.600. The van der Waals surface area contributed by atoms with E-state index in [4.69, 9.17) is 10.0 Å². The third-order valence-corrected chi connectivity index (χ3v) is 4.57. The van der Waals surface area contributed by atoms with Crippen LogP contribution in [0.2, 0.25) is 0 Å². The summed E-state index contributed by atoms with van der Waals surface area (Å²) in [6, 6.07) is 8.37.